The Balaban J connectivity index is 2.97. The van der Waals surface area contributed by atoms with Crippen LogP contribution in [0.3, 0.4) is 0 Å². The molecule has 0 aliphatic rings. The Labute approximate surface area is 241 Å². The van der Waals surface area contributed by atoms with Crippen molar-refractivity contribution in [3.05, 3.63) is 56.6 Å². The molecule has 2 aromatic rings. The van der Waals surface area contributed by atoms with Crippen LogP contribution in [-0.2, 0) is 0 Å². The van der Waals surface area contributed by atoms with Gasteiger partial charge in [-0.2, -0.15) is 9.98 Å². The van der Waals surface area contributed by atoms with E-state index in [4.69, 9.17) is 9.98 Å². The van der Waals surface area contributed by atoms with Gasteiger partial charge in [0, 0.05) is 0 Å². The number of hydrogen-bond donors (Lipinski definition) is 0. The number of aliphatic imine (C=N–C) groups is 2. The summed E-state index contributed by atoms with van der Waals surface area (Å²) in [5.74, 6) is 3.43. The fourth-order valence-corrected chi connectivity index (χ4v) is 6.50. The van der Waals surface area contributed by atoms with E-state index in [1.165, 1.54) is 44.5 Å². The molecular formula is C37H58N2. The van der Waals surface area contributed by atoms with Crippen molar-refractivity contribution in [1.82, 2.24) is 0 Å². The van der Waals surface area contributed by atoms with Gasteiger partial charge in [0.15, 0.2) is 0 Å². The molecule has 0 saturated carbocycles. The van der Waals surface area contributed by atoms with Gasteiger partial charge in [0.2, 0.25) is 0 Å². The minimum absolute atomic E-state index is 0.373. The highest BCUT2D eigenvalue weighted by atomic mass is 14.8. The summed E-state index contributed by atoms with van der Waals surface area (Å²) >= 11 is 0. The minimum Gasteiger partial charge on any atom is -0.187 e. The predicted octanol–water partition coefficient (Wildman–Crippen LogP) is 12.8. The number of rotatable bonds is 10. The second-order valence-electron chi connectivity index (χ2n) is 14.0. The molecule has 0 atom stereocenters. The van der Waals surface area contributed by atoms with Gasteiger partial charge in [-0.25, -0.2) is 0 Å². The summed E-state index contributed by atoms with van der Waals surface area (Å²) < 4.78 is 0. The van der Waals surface area contributed by atoms with Crippen LogP contribution < -0.4 is 0 Å². The molecule has 0 aliphatic heterocycles. The molecule has 0 unspecified atom stereocenters. The third kappa shape index (κ3) is 7.13. The van der Waals surface area contributed by atoms with Gasteiger partial charge >= 0.3 is 0 Å². The highest BCUT2D eigenvalue weighted by molar-refractivity contribution is 5.68. The second kappa shape index (κ2) is 13.5. The Morgan fingerprint density at radius 2 is 0.615 bits per heavy atom. The fraction of sp³-hybridized carbons (Fsp3) is 0.649. The van der Waals surface area contributed by atoms with Crippen molar-refractivity contribution >= 4 is 17.4 Å². The summed E-state index contributed by atoms with van der Waals surface area (Å²) in [6.45, 7) is 37.0. The van der Waals surface area contributed by atoms with E-state index in [-0.39, 0.29) is 0 Å². The van der Waals surface area contributed by atoms with Crippen LogP contribution in [0, 0.1) is 0 Å². The predicted molar refractivity (Wildman–Crippen MR) is 175 cm³/mol. The smallest absolute Gasteiger partial charge is 0.100 e. The topological polar surface area (TPSA) is 24.7 Å². The molecule has 0 aromatic heterocycles. The SMILES string of the molecule is CC(C)c1cc(N=C=Nc2cc(C(C)C)c(C(C)C)c(C(C)C)c2C(C)C)c(C(C)C)c(C(C)C)c1C(C)C. The van der Waals surface area contributed by atoms with Crippen LogP contribution in [0.15, 0.2) is 22.1 Å². The first kappa shape index (κ1) is 33.0. The fourth-order valence-electron chi connectivity index (χ4n) is 6.50. The third-order valence-corrected chi connectivity index (χ3v) is 7.97. The largest absolute Gasteiger partial charge is 0.187 e. The Morgan fingerprint density at radius 1 is 0.359 bits per heavy atom. The lowest BCUT2D eigenvalue weighted by Crippen LogP contribution is -2.10. The summed E-state index contributed by atoms with van der Waals surface area (Å²) in [6.07, 6.45) is 0. The van der Waals surface area contributed by atoms with E-state index in [9.17, 15) is 0 Å². The van der Waals surface area contributed by atoms with E-state index in [0.717, 1.165) is 11.4 Å². The number of nitrogens with zero attached hydrogens (tertiary/aromatic N) is 2. The van der Waals surface area contributed by atoms with Crippen molar-refractivity contribution in [2.75, 3.05) is 0 Å². The maximum atomic E-state index is 5.00. The summed E-state index contributed by atoms with van der Waals surface area (Å²) in [5.41, 5.74) is 13.5. The molecule has 0 saturated heterocycles. The van der Waals surface area contributed by atoms with Crippen molar-refractivity contribution in [2.45, 2.75) is 158 Å². The van der Waals surface area contributed by atoms with E-state index >= 15 is 0 Å². The van der Waals surface area contributed by atoms with E-state index in [1.54, 1.807) is 0 Å². The molecule has 0 aliphatic carbocycles. The molecule has 0 bridgehead atoms. The van der Waals surface area contributed by atoms with E-state index in [0.29, 0.717) is 47.3 Å². The molecule has 216 valence electrons. The first-order valence-corrected chi connectivity index (χ1v) is 15.6. The van der Waals surface area contributed by atoms with Crippen LogP contribution in [0.25, 0.3) is 0 Å². The molecule has 0 radical (unpaired) electrons. The van der Waals surface area contributed by atoms with Crippen molar-refractivity contribution in [3.8, 4) is 0 Å². The van der Waals surface area contributed by atoms with Crippen LogP contribution in [0.2, 0.25) is 0 Å². The summed E-state index contributed by atoms with van der Waals surface area (Å²) in [7, 11) is 0. The molecule has 39 heavy (non-hydrogen) atoms. The Bertz CT molecular complexity index is 1110. The van der Waals surface area contributed by atoms with E-state index in [2.05, 4.69) is 129 Å². The maximum Gasteiger partial charge on any atom is 0.100 e. The second-order valence-corrected chi connectivity index (χ2v) is 14.0. The van der Waals surface area contributed by atoms with Gasteiger partial charge in [-0.15, -0.1) is 0 Å². The van der Waals surface area contributed by atoms with Crippen LogP contribution >= 0.6 is 0 Å². The maximum absolute atomic E-state index is 5.00. The zero-order chi connectivity index (χ0) is 29.9. The number of benzene rings is 2. The lowest BCUT2D eigenvalue weighted by Gasteiger charge is -2.28. The first-order chi connectivity index (χ1) is 18.0. The number of hydrogen-bond acceptors (Lipinski definition) is 2. The minimum atomic E-state index is 0.373. The summed E-state index contributed by atoms with van der Waals surface area (Å²) in [4.78, 5) is 10.00. The summed E-state index contributed by atoms with van der Waals surface area (Å²) in [6, 6.07) is 7.88. The molecule has 0 fully saturated rings. The monoisotopic (exact) mass is 530 g/mol. The molecule has 2 heteroatoms. The lowest BCUT2D eigenvalue weighted by molar-refractivity contribution is 0.721. The Morgan fingerprint density at radius 3 is 0.821 bits per heavy atom. The van der Waals surface area contributed by atoms with Gasteiger partial charge in [0.05, 0.1) is 11.4 Å². The molecule has 0 N–H and O–H groups in total. The molecule has 0 amide bonds. The van der Waals surface area contributed by atoms with Crippen molar-refractivity contribution in [1.29, 1.82) is 0 Å². The summed E-state index contributed by atoms with van der Waals surface area (Å²) in [5, 5.41) is 0. The quantitative estimate of drug-likeness (QED) is 0.273. The lowest BCUT2D eigenvalue weighted by atomic mass is 9.77. The van der Waals surface area contributed by atoms with Crippen molar-refractivity contribution in [2.24, 2.45) is 9.98 Å². The van der Waals surface area contributed by atoms with Crippen LogP contribution in [0.1, 0.15) is 203 Å². The van der Waals surface area contributed by atoms with Crippen LogP contribution in [0.4, 0.5) is 11.4 Å². The van der Waals surface area contributed by atoms with Crippen molar-refractivity contribution in [3.63, 3.8) is 0 Å². The normalized spacial score (nSPS) is 12.3. The molecule has 0 heterocycles. The molecule has 2 aromatic carbocycles. The van der Waals surface area contributed by atoms with Crippen LogP contribution in [0.5, 0.6) is 0 Å². The van der Waals surface area contributed by atoms with Gasteiger partial charge in [-0.1, -0.05) is 111 Å². The zero-order valence-electron chi connectivity index (χ0n) is 28.2. The Kier molecular flexibility index (Phi) is 11.4. The van der Waals surface area contributed by atoms with Gasteiger partial charge < -0.3 is 0 Å². The van der Waals surface area contributed by atoms with Crippen molar-refractivity contribution < 1.29 is 0 Å². The van der Waals surface area contributed by atoms with Gasteiger partial charge in [-0.3, -0.25) is 0 Å². The van der Waals surface area contributed by atoms with E-state index in [1.807, 2.05) is 0 Å². The average Bonchev–Trinajstić information content (AvgIpc) is 2.81. The Hall–Kier alpha value is -2.18. The molecule has 2 rings (SSSR count). The van der Waals surface area contributed by atoms with Crippen LogP contribution in [-0.4, -0.2) is 6.01 Å². The first-order valence-electron chi connectivity index (χ1n) is 15.6. The highest BCUT2D eigenvalue weighted by Crippen LogP contribution is 2.45. The third-order valence-electron chi connectivity index (χ3n) is 7.97. The molecule has 2 nitrogen and oxygen atoms in total. The van der Waals surface area contributed by atoms with Gasteiger partial charge in [0.1, 0.15) is 6.01 Å². The average molecular weight is 531 g/mol. The standard InChI is InChI=1S/C37H58N2/c1-20(2)28-17-30(34(24(9)10)36(26(13)14)32(28)22(5)6)38-19-39-31-18-29(21(3)4)33(23(7)8)37(27(15)16)35(31)25(11)12/h17-18,20-27H,1-16H3. The highest BCUT2D eigenvalue weighted by Gasteiger charge is 2.26. The van der Waals surface area contributed by atoms with E-state index < -0.39 is 0 Å². The zero-order valence-corrected chi connectivity index (χ0v) is 28.2. The molecule has 0 spiro atoms. The molecular weight excluding hydrogens is 472 g/mol. The van der Waals surface area contributed by atoms with Gasteiger partial charge in [0.25, 0.3) is 0 Å². The van der Waals surface area contributed by atoms with Gasteiger partial charge in [-0.05, 0) is 104 Å².